The summed E-state index contributed by atoms with van der Waals surface area (Å²) in [6.45, 7) is 5.29. The van der Waals surface area contributed by atoms with Crippen LogP contribution in [0.1, 0.15) is 31.7 Å². The lowest BCUT2D eigenvalue weighted by atomic mass is 9.95. The topological polar surface area (TPSA) is 21.3 Å². The highest BCUT2D eigenvalue weighted by molar-refractivity contribution is 9.10. The van der Waals surface area contributed by atoms with Gasteiger partial charge in [0.2, 0.25) is 0 Å². The molecule has 0 aliphatic rings. The standard InChI is InChI=1S/C16H26BrNO/c1-3-10-18-13-15(5-4-11-19-2)12-14-6-8-16(17)9-7-14/h6-9,15,18H,3-5,10-13H2,1-2H3. The molecule has 0 heterocycles. The molecule has 1 aromatic carbocycles. The second-order valence-corrected chi connectivity index (χ2v) is 5.95. The average molecular weight is 328 g/mol. The van der Waals surface area contributed by atoms with Crippen molar-refractivity contribution >= 4 is 15.9 Å². The van der Waals surface area contributed by atoms with Gasteiger partial charge in [0.15, 0.2) is 0 Å². The predicted octanol–water partition coefficient (Wildman–Crippen LogP) is 4.03. The highest BCUT2D eigenvalue weighted by Crippen LogP contribution is 2.16. The summed E-state index contributed by atoms with van der Waals surface area (Å²) in [5.41, 5.74) is 1.42. The number of nitrogens with one attached hydrogen (secondary N) is 1. The van der Waals surface area contributed by atoms with Crippen LogP contribution in [0, 0.1) is 5.92 Å². The van der Waals surface area contributed by atoms with E-state index in [-0.39, 0.29) is 0 Å². The highest BCUT2D eigenvalue weighted by Gasteiger charge is 2.09. The van der Waals surface area contributed by atoms with Crippen LogP contribution in [0.25, 0.3) is 0 Å². The Hall–Kier alpha value is -0.380. The van der Waals surface area contributed by atoms with Crippen LogP contribution in [0.15, 0.2) is 28.7 Å². The first kappa shape index (κ1) is 16.7. The fraction of sp³-hybridized carbons (Fsp3) is 0.625. The van der Waals surface area contributed by atoms with Gasteiger partial charge in [-0.15, -0.1) is 0 Å². The van der Waals surface area contributed by atoms with Crippen molar-refractivity contribution in [1.82, 2.24) is 5.32 Å². The van der Waals surface area contributed by atoms with Gasteiger partial charge in [-0.3, -0.25) is 0 Å². The Kier molecular flexibility index (Phi) is 9.14. The first-order valence-electron chi connectivity index (χ1n) is 7.20. The third-order valence-corrected chi connectivity index (χ3v) is 3.79. The van der Waals surface area contributed by atoms with E-state index >= 15 is 0 Å². The van der Waals surface area contributed by atoms with Crippen LogP contribution in [-0.2, 0) is 11.2 Å². The number of hydrogen-bond acceptors (Lipinski definition) is 2. The Balaban J connectivity index is 2.44. The monoisotopic (exact) mass is 327 g/mol. The summed E-state index contributed by atoms with van der Waals surface area (Å²) in [7, 11) is 1.78. The molecule has 1 N–H and O–H groups in total. The van der Waals surface area contributed by atoms with E-state index in [1.165, 1.54) is 18.4 Å². The molecule has 0 amide bonds. The molecular weight excluding hydrogens is 302 g/mol. The zero-order valence-corrected chi connectivity index (χ0v) is 13.7. The smallest absolute Gasteiger partial charge is 0.0462 e. The van der Waals surface area contributed by atoms with E-state index in [1.807, 2.05) is 0 Å². The van der Waals surface area contributed by atoms with Crippen molar-refractivity contribution in [1.29, 1.82) is 0 Å². The fourth-order valence-corrected chi connectivity index (χ4v) is 2.49. The van der Waals surface area contributed by atoms with Crippen LogP contribution < -0.4 is 5.32 Å². The maximum absolute atomic E-state index is 5.16. The van der Waals surface area contributed by atoms with E-state index in [9.17, 15) is 0 Å². The normalized spacial score (nSPS) is 12.6. The molecule has 0 radical (unpaired) electrons. The summed E-state index contributed by atoms with van der Waals surface area (Å²) in [5, 5.41) is 3.54. The van der Waals surface area contributed by atoms with E-state index in [2.05, 4.69) is 52.4 Å². The minimum absolute atomic E-state index is 0.697. The fourth-order valence-electron chi connectivity index (χ4n) is 2.23. The molecule has 1 unspecified atom stereocenters. The molecule has 1 rings (SSSR count). The molecule has 0 spiro atoms. The van der Waals surface area contributed by atoms with Gasteiger partial charge in [-0.25, -0.2) is 0 Å². The largest absolute Gasteiger partial charge is 0.385 e. The van der Waals surface area contributed by atoms with E-state index in [1.54, 1.807) is 7.11 Å². The predicted molar refractivity (Wildman–Crippen MR) is 85.6 cm³/mol. The third-order valence-electron chi connectivity index (χ3n) is 3.26. The van der Waals surface area contributed by atoms with E-state index in [4.69, 9.17) is 4.74 Å². The van der Waals surface area contributed by atoms with Gasteiger partial charge in [0.1, 0.15) is 0 Å². The van der Waals surface area contributed by atoms with Gasteiger partial charge in [-0.05, 0) is 62.4 Å². The number of methoxy groups -OCH3 is 1. The maximum Gasteiger partial charge on any atom is 0.0462 e. The van der Waals surface area contributed by atoms with Crippen molar-refractivity contribution in [2.24, 2.45) is 5.92 Å². The van der Waals surface area contributed by atoms with Crippen LogP contribution >= 0.6 is 15.9 Å². The number of benzene rings is 1. The first-order chi connectivity index (χ1) is 9.26. The zero-order valence-electron chi connectivity index (χ0n) is 12.1. The summed E-state index contributed by atoms with van der Waals surface area (Å²) >= 11 is 3.49. The van der Waals surface area contributed by atoms with Crippen LogP contribution in [0.5, 0.6) is 0 Å². The Morgan fingerprint density at radius 1 is 1.26 bits per heavy atom. The van der Waals surface area contributed by atoms with Crippen LogP contribution in [0.2, 0.25) is 0 Å². The Morgan fingerprint density at radius 3 is 2.63 bits per heavy atom. The molecule has 0 aromatic heterocycles. The van der Waals surface area contributed by atoms with E-state index in [0.717, 1.165) is 37.0 Å². The van der Waals surface area contributed by atoms with Gasteiger partial charge in [-0.1, -0.05) is 35.0 Å². The molecule has 3 heteroatoms. The minimum Gasteiger partial charge on any atom is -0.385 e. The quantitative estimate of drug-likeness (QED) is 0.655. The molecule has 1 aromatic rings. The molecule has 19 heavy (non-hydrogen) atoms. The van der Waals surface area contributed by atoms with Gasteiger partial charge in [0.05, 0.1) is 0 Å². The van der Waals surface area contributed by atoms with Gasteiger partial charge < -0.3 is 10.1 Å². The second-order valence-electron chi connectivity index (χ2n) is 5.04. The van der Waals surface area contributed by atoms with Gasteiger partial charge in [0, 0.05) is 18.2 Å². The van der Waals surface area contributed by atoms with Crippen LogP contribution in [-0.4, -0.2) is 26.8 Å². The second kappa shape index (κ2) is 10.4. The van der Waals surface area contributed by atoms with Crippen molar-refractivity contribution in [3.8, 4) is 0 Å². The maximum atomic E-state index is 5.16. The summed E-state index contributed by atoms with van der Waals surface area (Å²) in [4.78, 5) is 0. The van der Waals surface area contributed by atoms with Gasteiger partial charge in [0.25, 0.3) is 0 Å². The molecule has 2 nitrogen and oxygen atoms in total. The van der Waals surface area contributed by atoms with Gasteiger partial charge in [-0.2, -0.15) is 0 Å². The summed E-state index contributed by atoms with van der Waals surface area (Å²) in [6.07, 6.45) is 4.71. The molecule has 0 aliphatic heterocycles. The molecule has 0 saturated carbocycles. The molecule has 0 fully saturated rings. The van der Waals surface area contributed by atoms with E-state index in [0.29, 0.717) is 5.92 Å². The molecule has 1 atom stereocenters. The summed E-state index contributed by atoms with van der Waals surface area (Å²) < 4.78 is 6.31. The van der Waals surface area contributed by atoms with Crippen LogP contribution in [0.4, 0.5) is 0 Å². The lowest BCUT2D eigenvalue weighted by Gasteiger charge is -2.17. The Morgan fingerprint density at radius 2 is 2.00 bits per heavy atom. The molecule has 108 valence electrons. The Labute approximate surface area is 126 Å². The number of rotatable bonds is 10. The first-order valence-corrected chi connectivity index (χ1v) is 7.99. The minimum atomic E-state index is 0.697. The molecule has 0 aliphatic carbocycles. The lowest BCUT2D eigenvalue weighted by Crippen LogP contribution is -2.25. The van der Waals surface area contributed by atoms with Crippen molar-refractivity contribution in [3.63, 3.8) is 0 Å². The van der Waals surface area contributed by atoms with Gasteiger partial charge >= 0.3 is 0 Å². The molecule has 0 saturated heterocycles. The third kappa shape index (κ3) is 7.71. The zero-order chi connectivity index (χ0) is 13.9. The summed E-state index contributed by atoms with van der Waals surface area (Å²) in [5.74, 6) is 0.697. The Bertz CT molecular complexity index is 316. The van der Waals surface area contributed by atoms with E-state index < -0.39 is 0 Å². The lowest BCUT2D eigenvalue weighted by molar-refractivity contribution is 0.186. The number of hydrogen-bond donors (Lipinski definition) is 1. The molecular formula is C16H26BrNO. The SMILES string of the molecule is CCCNCC(CCCOC)Cc1ccc(Br)cc1. The van der Waals surface area contributed by atoms with Crippen LogP contribution in [0.3, 0.4) is 0 Å². The number of halogens is 1. The average Bonchev–Trinajstić information content (AvgIpc) is 2.41. The van der Waals surface area contributed by atoms with Crippen molar-refractivity contribution in [3.05, 3.63) is 34.3 Å². The highest BCUT2D eigenvalue weighted by atomic mass is 79.9. The number of ether oxygens (including phenoxy) is 1. The summed E-state index contributed by atoms with van der Waals surface area (Å²) in [6, 6.07) is 8.68. The molecule has 0 bridgehead atoms. The van der Waals surface area contributed by atoms with Crippen molar-refractivity contribution in [2.45, 2.75) is 32.6 Å². The van der Waals surface area contributed by atoms with Crippen molar-refractivity contribution < 1.29 is 4.74 Å². The van der Waals surface area contributed by atoms with Crippen molar-refractivity contribution in [2.75, 3.05) is 26.8 Å².